The minimum Gasteiger partial charge on any atom is -0.480 e. The minimum atomic E-state index is -0.984. The molecular formula is C16H15NO3. The lowest BCUT2D eigenvalue weighted by atomic mass is 9.98. The fraction of sp³-hybridized carbons (Fsp3) is 0.188. The first-order valence-electron chi connectivity index (χ1n) is 6.27. The number of carboxylic acid groups (broad SMARTS) is 1. The van der Waals surface area contributed by atoms with Gasteiger partial charge in [0.25, 0.3) is 0 Å². The fourth-order valence-corrected chi connectivity index (χ4v) is 2.22. The van der Waals surface area contributed by atoms with Crippen molar-refractivity contribution >= 4 is 11.9 Å². The average Bonchev–Trinajstić information content (AvgIpc) is 2.39. The van der Waals surface area contributed by atoms with Crippen LogP contribution in [0.4, 0.5) is 0 Å². The van der Waals surface area contributed by atoms with Crippen LogP contribution < -0.4 is 0 Å². The van der Waals surface area contributed by atoms with Gasteiger partial charge in [0, 0.05) is 12.6 Å². The highest BCUT2D eigenvalue weighted by Gasteiger charge is 2.20. The zero-order valence-electron chi connectivity index (χ0n) is 11.2. The van der Waals surface area contributed by atoms with E-state index in [4.69, 9.17) is 5.11 Å². The maximum Gasteiger partial charge on any atom is 0.323 e. The van der Waals surface area contributed by atoms with Crippen molar-refractivity contribution < 1.29 is 14.7 Å². The van der Waals surface area contributed by atoms with E-state index in [2.05, 4.69) is 0 Å². The number of carboxylic acids is 1. The maximum atomic E-state index is 11.2. The number of nitrogens with zero attached hydrogens (tertiary/aromatic N) is 1. The Labute approximate surface area is 117 Å². The number of aliphatic carboxylic acids is 1. The smallest absolute Gasteiger partial charge is 0.323 e. The standard InChI is InChI=1S/C16H15NO3/c1-12-7-14(8-13-5-3-2-4-6-13)15(11-18)17(9-12)10-16(19)20/h2-7,9H,8,10H2,1H3,(H,19,20). The van der Waals surface area contributed by atoms with Crippen LogP contribution in [0.5, 0.6) is 0 Å². The molecule has 2 rings (SSSR count). The molecule has 1 heterocycles. The molecule has 0 amide bonds. The predicted molar refractivity (Wildman–Crippen MR) is 75.5 cm³/mol. The molecule has 0 atom stereocenters. The first kappa shape index (κ1) is 13.8. The van der Waals surface area contributed by atoms with Crippen molar-refractivity contribution in [2.24, 2.45) is 0 Å². The Morgan fingerprint density at radius 1 is 1.30 bits per heavy atom. The Hall–Kier alpha value is -2.58. The zero-order chi connectivity index (χ0) is 14.5. The largest absolute Gasteiger partial charge is 0.480 e. The van der Waals surface area contributed by atoms with Crippen LogP contribution in [0.1, 0.15) is 12.5 Å². The molecule has 0 radical (unpaired) electrons. The fourth-order valence-electron chi connectivity index (χ4n) is 2.22. The summed E-state index contributed by atoms with van der Waals surface area (Å²) in [6, 6.07) is 9.73. The lowest BCUT2D eigenvalue weighted by Crippen LogP contribution is -2.28. The molecule has 0 aliphatic carbocycles. The summed E-state index contributed by atoms with van der Waals surface area (Å²) in [5, 5.41) is 8.91. The van der Waals surface area contributed by atoms with Crippen molar-refractivity contribution in [3.05, 3.63) is 65.0 Å². The molecular weight excluding hydrogens is 254 g/mol. The molecule has 1 aliphatic heterocycles. The summed E-state index contributed by atoms with van der Waals surface area (Å²) >= 11 is 0. The van der Waals surface area contributed by atoms with Gasteiger partial charge in [-0.1, -0.05) is 36.4 Å². The Morgan fingerprint density at radius 3 is 2.60 bits per heavy atom. The molecule has 0 fully saturated rings. The van der Waals surface area contributed by atoms with Crippen molar-refractivity contribution in [2.45, 2.75) is 13.3 Å². The summed E-state index contributed by atoms with van der Waals surface area (Å²) in [4.78, 5) is 23.5. The van der Waals surface area contributed by atoms with Crippen LogP contribution >= 0.6 is 0 Å². The summed E-state index contributed by atoms with van der Waals surface area (Å²) in [5.74, 6) is 0.883. The van der Waals surface area contributed by atoms with E-state index >= 15 is 0 Å². The van der Waals surface area contributed by atoms with Crippen molar-refractivity contribution in [1.82, 2.24) is 4.90 Å². The average molecular weight is 269 g/mol. The van der Waals surface area contributed by atoms with Gasteiger partial charge in [-0.05, 0) is 23.6 Å². The quantitative estimate of drug-likeness (QED) is 0.851. The van der Waals surface area contributed by atoms with Gasteiger partial charge >= 0.3 is 5.97 Å². The first-order chi connectivity index (χ1) is 9.60. The summed E-state index contributed by atoms with van der Waals surface area (Å²) < 4.78 is 0. The lowest BCUT2D eigenvalue weighted by molar-refractivity contribution is -0.137. The number of hydrogen-bond donors (Lipinski definition) is 1. The maximum absolute atomic E-state index is 11.2. The van der Waals surface area contributed by atoms with E-state index in [9.17, 15) is 9.59 Å². The van der Waals surface area contributed by atoms with Crippen LogP contribution in [0, 0.1) is 0 Å². The molecule has 0 unspecified atom stereocenters. The van der Waals surface area contributed by atoms with E-state index in [1.807, 2.05) is 49.3 Å². The molecule has 102 valence electrons. The van der Waals surface area contributed by atoms with Gasteiger partial charge in [-0.15, -0.1) is 0 Å². The Bertz CT molecular complexity index is 622. The highest BCUT2D eigenvalue weighted by molar-refractivity contribution is 5.72. The number of benzene rings is 1. The molecule has 20 heavy (non-hydrogen) atoms. The SMILES string of the molecule is CC1=CN(CC(=O)O)C(=C=O)C(Cc2ccccc2)=C1. The topological polar surface area (TPSA) is 57.6 Å². The van der Waals surface area contributed by atoms with Crippen LogP contribution in [-0.4, -0.2) is 28.5 Å². The van der Waals surface area contributed by atoms with Crippen LogP contribution in [0.2, 0.25) is 0 Å². The molecule has 4 heteroatoms. The van der Waals surface area contributed by atoms with Crippen LogP contribution in [-0.2, 0) is 16.0 Å². The van der Waals surface area contributed by atoms with E-state index in [0.29, 0.717) is 12.1 Å². The van der Waals surface area contributed by atoms with E-state index in [1.54, 1.807) is 6.20 Å². The molecule has 0 bridgehead atoms. The predicted octanol–water partition coefficient (Wildman–Crippen LogP) is 2.17. The summed E-state index contributed by atoms with van der Waals surface area (Å²) in [5.41, 5.74) is 3.06. The first-order valence-corrected chi connectivity index (χ1v) is 6.27. The van der Waals surface area contributed by atoms with Gasteiger partial charge in [-0.25, -0.2) is 4.79 Å². The monoisotopic (exact) mass is 269 g/mol. The van der Waals surface area contributed by atoms with Gasteiger partial charge in [0.1, 0.15) is 12.2 Å². The van der Waals surface area contributed by atoms with Crippen molar-refractivity contribution in [3.63, 3.8) is 0 Å². The van der Waals surface area contributed by atoms with Gasteiger partial charge in [-0.2, -0.15) is 0 Å². The molecule has 0 saturated carbocycles. The second-order valence-corrected chi connectivity index (χ2v) is 4.68. The van der Waals surface area contributed by atoms with E-state index in [0.717, 1.165) is 16.7 Å². The van der Waals surface area contributed by atoms with Crippen molar-refractivity contribution in [1.29, 1.82) is 0 Å². The number of carbonyl (C=O) groups is 1. The van der Waals surface area contributed by atoms with Gasteiger partial charge in [0.15, 0.2) is 5.94 Å². The van der Waals surface area contributed by atoms with Crippen LogP contribution in [0.15, 0.2) is 59.5 Å². The number of hydrogen-bond acceptors (Lipinski definition) is 3. The minimum absolute atomic E-state index is 0.242. The second kappa shape index (κ2) is 6.04. The van der Waals surface area contributed by atoms with E-state index in [-0.39, 0.29) is 6.54 Å². The van der Waals surface area contributed by atoms with Crippen LogP contribution in [0.3, 0.4) is 0 Å². The highest BCUT2D eigenvalue weighted by atomic mass is 16.4. The zero-order valence-corrected chi connectivity index (χ0v) is 11.2. The lowest BCUT2D eigenvalue weighted by Gasteiger charge is -2.25. The van der Waals surface area contributed by atoms with E-state index < -0.39 is 5.97 Å². The number of allylic oxidation sites excluding steroid dienone is 3. The van der Waals surface area contributed by atoms with Gasteiger partial charge in [0.05, 0.1) is 0 Å². The molecule has 1 aromatic carbocycles. The highest BCUT2D eigenvalue weighted by Crippen LogP contribution is 2.25. The third-order valence-electron chi connectivity index (χ3n) is 2.99. The van der Waals surface area contributed by atoms with Gasteiger partial charge in [-0.3, -0.25) is 4.79 Å². The third kappa shape index (κ3) is 3.25. The Kier molecular flexibility index (Phi) is 4.18. The normalized spacial score (nSPS) is 14.4. The molecule has 0 saturated heterocycles. The second-order valence-electron chi connectivity index (χ2n) is 4.68. The van der Waals surface area contributed by atoms with Crippen molar-refractivity contribution in [2.75, 3.05) is 6.54 Å². The summed E-state index contributed by atoms with van der Waals surface area (Å²) in [7, 11) is 0. The number of carbonyl (C=O) groups excluding carboxylic acids is 1. The molecule has 1 aliphatic rings. The van der Waals surface area contributed by atoms with Gasteiger partial charge < -0.3 is 10.0 Å². The molecule has 0 spiro atoms. The molecule has 1 aromatic rings. The Morgan fingerprint density at radius 2 is 2.00 bits per heavy atom. The van der Waals surface area contributed by atoms with E-state index in [1.165, 1.54) is 4.90 Å². The summed E-state index contributed by atoms with van der Waals surface area (Å²) in [6.07, 6.45) is 4.13. The van der Waals surface area contributed by atoms with Gasteiger partial charge in [0.2, 0.25) is 0 Å². The van der Waals surface area contributed by atoms with Crippen molar-refractivity contribution in [3.8, 4) is 0 Å². The Balaban J connectivity index is 2.29. The third-order valence-corrected chi connectivity index (χ3v) is 2.99. The number of rotatable bonds is 4. The molecule has 1 N–H and O–H groups in total. The summed E-state index contributed by atoms with van der Waals surface area (Å²) in [6.45, 7) is 1.63. The molecule has 0 aromatic heterocycles. The molecule has 4 nitrogen and oxygen atoms in total. The van der Waals surface area contributed by atoms with Crippen LogP contribution in [0.25, 0.3) is 0 Å².